The van der Waals surface area contributed by atoms with E-state index in [9.17, 15) is 9.59 Å². The molecular formula is C22H34O4. The predicted octanol–water partition coefficient (Wildman–Crippen LogP) is 5.71. The maximum Gasteiger partial charge on any atom is 0.311 e. The molecule has 0 N–H and O–H groups in total. The molecule has 0 radical (unpaired) electrons. The molecule has 0 bridgehead atoms. The smallest absolute Gasteiger partial charge is 0.311 e. The summed E-state index contributed by atoms with van der Waals surface area (Å²) in [6.07, 6.45) is 6.29. The van der Waals surface area contributed by atoms with Gasteiger partial charge in [0.1, 0.15) is 0 Å². The van der Waals surface area contributed by atoms with E-state index in [0.29, 0.717) is 24.3 Å². The summed E-state index contributed by atoms with van der Waals surface area (Å²) in [6, 6.07) is 5.53. The highest BCUT2D eigenvalue weighted by Gasteiger charge is 2.16. The number of aryl methyl sites for hydroxylation is 1. The van der Waals surface area contributed by atoms with Gasteiger partial charge in [-0.25, -0.2) is 0 Å². The average Bonchev–Trinajstić information content (AvgIpc) is 2.52. The van der Waals surface area contributed by atoms with Crippen molar-refractivity contribution in [2.45, 2.75) is 79.6 Å². The Bertz CT molecular complexity index is 576. The van der Waals surface area contributed by atoms with Gasteiger partial charge in [-0.15, -0.1) is 0 Å². The van der Waals surface area contributed by atoms with Gasteiger partial charge < -0.3 is 9.47 Å². The van der Waals surface area contributed by atoms with Crippen molar-refractivity contribution in [2.24, 2.45) is 11.8 Å². The van der Waals surface area contributed by atoms with Gasteiger partial charge in [-0.2, -0.15) is 0 Å². The summed E-state index contributed by atoms with van der Waals surface area (Å²) >= 11 is 0. The quantitative estimate of drug-likeness (QED) is 0.287. The lowest BCUT2D eigenvalue weighted by Crippen LogP contribution is -2.14. The molecule has 0 saturated carbocycles. The molecule has 146 valence electrons. The standard InChI is InChI=1S/C22H34O4/c1-6-7-8-9-10-18-11-12-19(25-21(23)13-16(2)3)20(15-18)26-22(24)14-17(4)5/h11-12,15-17H,6-10,13-14H2,1-5H3. The van der Waals surface area contributed by atoms with Gasteiger partial charge in [0.2, 0.25) is 0 Å². The van der Waals surface area contributed by atoms with Crippen LogP contribution in [0.4, 0.5) is 0 Å². The summed E-state index contributed by atoms with van der Waals surface area (Å²) in [7, 11) is 0. The maximum absolute atomic E-state index is 12.1. The van der Waals surface area contributed by atoms with Crippen LogP contribution in [-0.4, -0.2) is 11.9 Å². The van der Waals surface area contributed by atoms with Gasteiger partial charge in [0.05, 0.1) is 0 Å². The summed E-state index contributed by atoms with van der Waals surface area (Å²) in [5.41, 5.74) is 1.09. The second-order valence-corrected chi connectivity index (χ2v) is 7.74. The van der Waals surface area contributed by atoms with E-state index in [0.717, 1.165) is 18.4 Å². The second kappa shape index (κ2) is 11.7. The SMILES string of the molecule is CCCCCCc1ccc(OC(=O)CC(C)C)c(OC(=O)CC(C)C)c1. The van der Waals surface area contributed by atoms with E-state index in [1.807, 2.05) is 39.8 Å². The Hall–Kier alpha value is -1.84. The number of rotatable bonds is 11. The van der Waals surface area contributed by atoms with Crippen LogP contribution in [0.1, 0.15) is 78.7 Å². The van der Waals surface area contributed by atoms with Crippen LogP contribution in [0, 0.1) is 11.8 Å². The molecule has 0 unspecified atom stereocenters. The van der Waals surface area contributed by atoms with Crippen molar-refractivity contribution < 1.29 is 19.1 Å². The van der Waals surface area contributed by atoms with Crippen molar-refractivity contribution in [3.05, 3.63) is 23.8 Å². The third-order valence-corrected chi connectivity index (χ3v) is 3.92. The Morgan fingerprint density at radius 2 is 1.42 bits per heavy atom. The van der Waals surface area contributed by atoms with E-state index in [4.69, 9.17) is 9.47 Å². The Kier molecular flexibility index (Phi) is 10.0. The van der Waals surface area contributed by atoms with Crippen LogP contribution in [0.25, 0.3) is 0 Å². The lowest BCUT2D eigenvalue weighted by Gasteiger charge is -2.13. The number of hydrogen-bond acceptors (Lipinski definition) is 4. The summed E-state index contributed by atoms with van der Waals surface area (Å²) in [4.78, 5) is 24.1. The molecule has 4 heteroatoms. The monoisotopic (exact) mass is 362 g/mol. The average molecular weight is 363 g/mol. The minimum atomic E-state index is -0.308. The molecule has 0 heterocycles. The normalized spacial score (nSPS) is 11.0. The summed E-state index contributed by atoms with van der Waals surface area (Å²) in [6.45, 7) is 10.0. The molecule has 0 aromatic heterocycles. The van der Waals surface area contributed by atoms with Crippen molar-refractivity contribution in [1.82, 2.24) is 0 Å². The van der Waals surface area contributed by atoms with Crippen LogP contribution in [-0.2, 0) is 16.0 Å². The highest BCUT2D eigenvalue weighted by Crippen LogP contribution is 2.30. The first-order valence-corrected chi connectivity index (χ1v) is 9.86. The van der Waals surface area contributed by atoms with Crippen LogP contribution in [0.15, 0.2) is 18.2 Å². The van der Waals surface area contributed by atoms with Crippen LogP contribution >= 0.6 is 0 Å². The fourth-order valence-electron chi connectivity index (χ4n) is 2.62. The van der Waals surface area contributed by atoms with Gasteiger partial charge in [0.25, 0.3) is 0 Å². The predicted molar refractivity (Wildman–Crippen MR) is 104 cm³/mol. The number of hydrogen-bond donors (Lipinski definition) is 0. The van der Waals surface area contributed by atoms with E-state index in [2.05, 4.69) is 6.92 Å². The molecule has 0 aliphatic rings. The maximum atomic E-state index is 12.1. The number of carbonyl (C=O) groups is 2. The number of carbonyl (C=O) groups excluding carboxylic acids is 2. The Labute approximate surface area is 158 Å². The number of ether oxygens (including phenoxy) is 2. The molecule has 0 saturated heterocycles. The fourth-order valence-corrected chi connectivity index (χ4v) is 2.62. The van der Waals surface area contributed by atoms with E-state index in [1.165, 1.54) is 19.3 Å². The molecule has 1 aromatic rings. The molecule has 0 spiro atoms. The van der Waals surface area contributed by atoms with Crippen molar-refractivity contribution in [2.75, 3.05) is 0 Å². The van der Waals surface area contributed by atoms with Gasteiger partial charge in [-0.3, -0.25) is 9.59 Å². The Morgan fingerprint density at radius 1 is 0.846 bits per heavy atom. The minimum absolute atomic E-state index is 0.215. The lowest BCUT2D eigenvalue weighted by molar-refractivity contribution is -0.138. The van der Waals surface area contributed by atoms with Crippen molar-refractivity contribution in [3.8, 4) is 11.5 Å². The van der Waals surface area contributed by atoms with Crippen molar-refractivity contribution in [3.63, 3.8) is 0 Å². The molecule has 26 heavy (non-hydrogen) atoms. The zero-order valence-electron chi connectivity index (χ0n) is 17.0. The van der Waals surface area contributed by atoms with E-state index >= 15 is 0 Å². The summed E-state index contributed by atoms with van der Waals surface area (Å²) in [5.74, 6) is 0.492. The number of esters is 2. The third kappa shape index (κ3) is 9.02. The van der Waals surface area contributed by atoms with Crippen LogP contribution in [0.5, 0.6) is 11.5 Å². The largest absolute Gasteiger partial charge is 0.423 e. The highest BCUT2D eigenvalue weighted by atomic mass is 16.6. The first-order valence-electron chi connectivity index (χ1n) is 9.86. The number of unbranched alkanes of at least 4 members (excludes halogenated alkanes) is 3. The number of benzene rings is 1. The van der Waals surface area contributed by atoms with Crippen molar-refractivity contribution >= 4 is 11.9 Å². The van der Waals surface area contributed by atoms with E-state index in [1.54, 1.807) is 6.07 Å². The molecule has 0 aliphatic carbocycles. The molecular weight excluding hydrogens is 328 g/mol. The second-order valence-electron chi connectivity index (χ2n) is 7.74. The fraction of sp³-hybridized carbons (Fsp3) is 0.636. The minimum Gasteiger partial charge on any atom is -0.423 e. The van der Waals surface area contributed by atoms with E-state index < -0.39 is 0 Å². The van der Waals surface area contributed by atoms with Gasteiger partial charge in [-0.1, -0.05) is 59.9 Å². The Balaban J connectivity index is 2.88. The topological polar surface area (TPSA) is 52.6 Å². The summed E-state index contributed by atoms with van der Waals surface area (Å²) < 4.78 is 11.0. The van der Waals surface area contributed by atoms with Gasteiger partial charge in [0.15, 0.2) is 11.5 Å². The molecule has 4 nitrogen and oxygen atoms in total. The van der Waals surface area contributed by atoms with Gasteiger partial charge in [-0.05, 0) is 42.4 Å². The Morgan fingerprint density at radius 3 is 1.96 bits per heavy atom. The van der Waals surface area contributed by atoms with Crippen LogP contribution < -0.4 is 9.47 Å². The van der Waals surface area contributed by atoms with Crippen LogP contribution in [0.2, 0.25) is 0 Å². The molecule has 0 atom stereocenters. The molecule has 0 aliphatic heterocycles. The highest BCUT2D eigenvalue weighted by molar-refractivity contribution is 5.76. The van der Waals surface area contributed by atoms with Gasteiger partial charge >= 0.3 is 11.9 Å². The lowest BCUT2D eigenvalue weighted by atomic mass is 10.1. The zero-order valence-corrected chi connectivity index (χ0v) is 17.0. The molecule has 1 aromatic carbocycles. The first-order chi connectivity index (χ1) is 12.3. The first kappa shape index (κ1) is 22.2. The van der Waals surface area contributed by atoms with Crippen molar-refractivity contribution in [1.29, 1.82) is 0 Å². The molecule has 0 amide bonds. The van der Waals surface area contributed by atoms with Crippen LogP contribution in [0.3, 0.4) is 0 Å². The van der Waals surface area contributed by atoms with E-state index in [-0.39, 0.29) is 23.8 Å². The molecule has 0 fully saturated rings. The zero-order chi connectivity index (χ0) is 19.5. The third-order valence-electron chi connectivity index (χ3n) is 3.92. The van der Waals surface area contributed by atoms with Gasteiger partial charge in [0, 0.05) is 12.8 Å². The molecule has 1 rings (SSSR count). The summed E-state index contributed by atoms with van der Waals surface area (Å²) in [5, 5.41) is 0.